The Labute approximate surface area is 83.9 Å². The zero-order chi connectivity index (χ0) is 9.97. The summed E-state index contributed by atoms with van der Waals surface area (Å²) in [5, 5.41) is 15.2. The number of rotatable bonds is 3. The van der Waals surface area contributed by atoms with Crippen LogP contribution in [-0.2, 0) is 6.42 Å². The van der Waals surface area contributed by atoms with E-state index in [0.29, 0.717) is 12.0 Å². The van der Waals surface area contributed by atoms with Crippen LogP contribution in [0.5, 0.6) is 0 Å². The van der Waals surface area contributed by atoms with E-state index in [1.165, 1.54) is 6.42 Å². The van der Waals surface area contributed by atoms with Crippen LogP contribution >= 0.6 is 0 Å². The molecule has 0 amide bonds. The van der Waals surface area contributed by atoms with Crippen molar-refractivity contribution in [2.75, 3.05) is 13.1 Å². The smallest absolute Gasteiger partial charge is 0.151 e. The fourth-order valence-corrected chi connectivity index (χ4v) is 1.89. The molecule has 1 unspecified atom stereocenters. The van der Waals surface area contributed by atoms with Gasteiger partial charge in [0.1, 0.15) is 0 Å². The van der Waals surface area contributed by atoms with Crippen LogP contribution in [0, 0.1) is 5.92 Å². The minimum absolute atomic E-state index is 0.356. The molecule has 5 nitrogen and oxygen atoms in total. The van der Waals surface area contributed by atoms with Crippen molar-refractivity contribution < 1.29 is 0 Å². The Hall–Kier alpha value is -0.970. The highest BCUT2D eigenvalue weighted by Gasteiger charge is 2.19. The predicted octanol–water partition coefficient (Wildman–Crippen LogP) is 0.406. The topological polar surface area (TPSA) is 55.6 Å². The minimum Gasteiger partial charge on any atom is -0.316 e. The van der Waals surface area contributed by atoms with Crippen LogP contribution in [0.1, 0.15) is 32.1 Å². The molecule has 0 bridgehead atoms. The van der Waals surface area contributed by atoms with Crippen molar-refractivity contribution in [2.45, 2.75) is 32.7 Å². The normalized spacial score (nSPS) is 22.1. The Morgan fingerprint density at radius 1 is 1.57 bits per heavy atom. The van der Waals surface area contributed by atoms with E-state index in [9.17, 15) is 0 Å². The molecule has 1 N–H and O–H groups in total. The van der Waals surface area contributed by atoms with Gasteiger partial charge in [0.15, 0.2) is 5.82 Å². The lowest BCUT2D eigenvalue weighted by molar-refractivity contribution is 0.465. The zero-order valence-corrected chi connectivity index (χ0v) is 8.77. The van der Waals surface area contributed by atoms with Gasteiger partial charge < -0.3 is 5.32 Å². The Balaban J connectivity index is 2.04. The summed E-state index contributed by atoms with van der Waals surface area (Å²) < 4.78 is 1.92. The van der Waals surface area contributed by atoms with Gasteiger partial charge in [-0.3, -0.25) is 0 Å². The van der Waals surface area contributed by atoms with Gasteiger partial charge in [-0.15, -0.1) is 5.10 Å². The fraction of sp³-hybridized carbons (Fsp3) is 0.889. The second-order valence-electron chi connectivity index (χ2n) is 4.20. The van der Waals surface area contributed by atoms with Crippen LogP contribution in [0.2, 0.25) is 0 Å². The summed E-state index contributed by atoms with van der Waals surface area (Å²) in [6.45, 7) is 6.44. The van der Waals surface area contributed by atoms with E-state index < -0.39 is 0 Å². The van der Waals surface area contributed by atoms with Crippen molar-refractivity contribution in [1.29, 1.82) is 0 Å². The van der Waals surface area contributed by atoms with E-state index in [0.717, 1.165) is 25.3 Å². The van der Waals surface area contributed by atoms with Crippen molar-refractivity contribution in [3.05, 3.63) is 5.82 Å². The van der Waals surface area contributed by atoms with Gasteiger partial charge in [0, 0.05) is 6.42 Å². The number of hydrogen-bond donors (Lipinski definition) is 1. The lowest BCUT2D eigenvalue weighted by Gasteiger charge is -2.10. The summed E-state index contributed by atoms with van der Waals surface area (Å²) in [7, 11) is 0. The van der Waals surface area contributed by atoms with Crippen molar-refractivity contribution in [3.8, 4) is 0 Å². The summed E-state index contributed by atoms with van der Waals surface area (Å²) in [4.78, 5) is 0. The van der Waals surface area contributed by atoms with Crippen LogP contribution in [0.25, 0.3) is 0 Å². The maximum Gasteiger partial charge on any atom is 0.151 e. The summed E-state index contributed by atoms with van der Waals surface area (Å²) in [5.41, 5.74) is 0. The third kappa shape index (κ3) is 1.92. The van der Waals surface area contributed by atoms with Gasteiger partial charge in [-0.1, -0.05) is 0 Å². The van der Waals surface area contributed by atoms with Gasteiger partial charge in [-0.25, -0.2) is 4.68 Å². The highest BCUT2D eigenvalue weighted by molar-refractivity contribution is 4.88. The first-order valence-electron chi connectivity index (χ1n) is 5.25. The second-order valence-corrected chi connectivity index (χ2v) is 4.20. The number of tetrazole rings is 1. The molecule has 0 aromatic carbocycles. The molecule has 1 aromatic heterocycles. The SMILES string of the molecule is CC(C)n1nnnc1CC1CCNC1. The Kier molecular flexibility index (Phi) is 2.77. The Bertz CT molecular complexity index is 287. The van der Waals surface area contributed by atoms with E-state index in [2.05, 4.69) is 34.7 Å². The highest BCUT2D eigenvalue weighted by Crippen LogP contribution is 2.14. The van der Waals surface area contributed by atoms with E-state index in [4.69, 9.17) is 0 Å². The molecule has 0 radical (unpaired) electrons. The first kappa shape index (κ1) is 9.58. The average Bonchev–Trinajstić information content (AvgIpc) is 2.75. The van der Waals surface area contributed by atoms with Gasteiger partial charge in [-0.05, 0) is 49.7 Å². The molecule has 2 rings (SSSR count). The number of nitrogens with one attached hydrogen (secondary N) is 1. The fourth-order valence-electron chi connectivity index (χ4n) is 1.89. The first-order chi connectivity index (χ1) is 6.77. The monoisotopic (exact) mass is 195 g/mol. The quantitative estimate of drug-likeness (QED) is 0.758. The third-order valence-electron chi connectivity index (χ3n) is 2.68. The molecule has 1 aromatic rings. The van der Waals surface area contributed by atoms with E-state index in [-0.39, 0.29) is 0 Å². The Morgan fingerprint density at radius 3 is 3.07 bits per heavy atom. The lowest BCUT2D eigenvalue weighted by atomic mass is 10.0. The number of aromatic nitrogens is 4. The minimum atomic E-state index is 0.356. The van der Waals surface area contributed by atoms with Gasteiger partial charge >= 0.3 is 0 Å². The first-order valence-corrected chi connectivity index (χ1v) is 5.25. The summed E-state index contributed by atoms with van der Waals surface area (Å²) >= 11 is 0. The average molecular weight is 195 g/mol. The van der Waals surface area contributed by atoms with Gasteiger partial charge in [0.2, 0.25) is 0 Å². The molecule has 1 aliphatic heterocycles. The zero-order valence-electron chi connectivity index (χ0n) is 8.77. The molecule has 1 aliphatic rings. The highest BCUT2D eigenvalue weighted by atomic mass is 15.5. The maximum atomic E-state index is 4.08. The van der Waals surface area contributed by atoms with Crippen molar-refractivity contribution >= 4 is 0 Å². The van der Waals surface area contributed by atoms with E-state index in [1.54, 1.807) is 0 Å². The summed E-state index contributed by atoms with van der Waals surface area (Å²) in [6.07, 6.45) is 2.24. The largest absolute Gasteiger partial charge is 0.316 e. The maximum absolute atomic E-state index is 4.08. The molecule has 0 saturated carbocycles. The molecule has 2 heterocycles. The number of hydrogen-bond acceptors (Lipinski definition) is 4. The van der Waals surface area contributed by atoms with Crippen LogP contribution in [0.15, 0.2) is 0 Å². The van der Waals surface area contributed by atoms with Gasteiger partial charge in [0.25, 0.3) is 0 Å². The van der Waals surface area contributed by atoms with E-state index in [1.807, 2.05) is 4.68 Å². The van der Waals surface area contributed by atoms with Crippen molar-refractivity contribution in [2.24, 2.45) is 5.92 Å². The summed E-state index contributed by atoms with van der Waals surface area (Å²) in [6, 6.07) is 0.356. The Morgan fingerprint density at radius 2 is 2.43 bits per heavy atom. The summed E-state index contributed by atoms with van der Waals surface area (Å²) in [5.74, 6) is 1.73. The molecule has 78 valence electrons. The van der Waals surface area contributed by atoms with Crippen LogP contribution in [0.3, 0.4) is 0 Å². The van der Waals surface area contributed by atoms with Crippen LogP contribution in [-0.4, -0.2) is 33.3 Å². The lowest BCUT2D eigenvalue weighted by Crippen LogP contribution is -2.15. The second kappa shape index (κ2) is 4.04. The molecule has 0 aliphatic carbocycles. The number of nitrogens with zero attached hydrogens (tertiary/aromatic N) is 4. The van der Waals surface area contributed by atoms with Crippen molar-refractivity contribution in [3.63, 3.8) is 0 Å². The molecule has 14 heavy (non-hydrogen) atoms. The molecular formula is C9H17N5. The molecule has 1 saturated heterocycles. The van der Waals surface area contributed by atoms with Crippen LogP contribution in [0.4, 0.5) is 0 Å². The van der Waals surface area contributed by atoms with E-state index >= 15 is 0 Å². The van der Waals surface area contributed by atoms with Gasteiger partial charge in [-0.2, -0.15) is 0 Å². The molecule has 0 spiro atoms. The molecule has 1 atom stereocenters. The predicted molar refractivity (Wildman–Crippen MR) is 52.9 cm³/mol. The van der Waals surface area contributed by atoms with Crippen molar-refractivity contribution in [1.82, 2.24) is 25.5 Å². The molecule has 1 fully saturated rings. The molecule has 5 heteroatoms. The molecular weight excluding hydrogens is 178 g/mol. The third-order valence-corrected chi connectivity index (χ3v) is 2.68. The standard InChI is InChI=1S/C9H17N5/c1-7(2)14-9(11-12-13-14)5-8-3-4-10-6-8/h7-8,10H,3-6H2,1-2H3. The van der Waals surface area contributed by atoms with Gasteiger partial charge in [0.05, 0.1) is 6.04 Å². The van der Waals surface area contributed by atoms with Crippen LogP contribution < -0.4 is 5.32 Å².